The van der Waals surface area contributed by atoms with Gasteiger partial charge in [0.2, 0.25) is 0 Å². The molecule has 0 aliphatic carbocycles. The van der Waals surface area contributed by atoms with Crippen LogP contribution in [0.25, 0.3) is 0 Å². The second kappa shape index (κ2) is 8.01. The summed E-state index contributed by atoms with van der Waals surface area (Å²) in [6.45, 7) is 5.64. The van der Waals surface area contributed by atoms with Crippen molar-refractivity contribution < 1.29 is 24.5 Å². The van der Waals surface area contributed by atoms with E-state index in [-0.39, 0.29) is 12.2 Å². The Bertz CT molecular complexity index is 593. The van der Waals surface area contributed by atoms with Gasteiger partial charge in [-0.25, -0.2) is 9.59 Å². The van der Waals surface area contributed by atoms with Crippen LogP contribution in [0, 0.1) is 0 Å². The van der Waals surface area contributed by atoms with Crippen molar-refractivity contribution in [3.63, 3.8) is 0 Å². The molecule has 1 aromatic carbocycles. The van der Waals surface area contributed by atoms with E-state index >= 15 is 0 Å². The standard InChI is InChI=1S/C17H26N2O5/c1-17(2,3)24-16(23)18-13(15(21)22)9-11-6-7-14(20)12(8-11)10-19(4)5/h6-8,13,20H,9-10H2,1-5H3,(H,18,23)(H,21,22). The Balaban J connectivity index is 2.85. The minimum Gasteiger partial charge on any atom is -0.508 e. The molecule has 1 atom stereocenters. The van der Waals surface area contributed by atoms with Crippen LogP contribution in [-0.4, -0.2) is 52.9 Å². The maximum Gasteiger partial charge on any atom is 0.408 e. The van der Waals surface area contributed by atoms with E-state index in [1.54, 1.807) is 32.9 Å². The van der Waals surface area contributed by atoms with Gasteiger partial charge in [-0.2, -0.15) is 0 Å². The Hall–Kier alpha value is -2.28. The van der Waals surface area contributed by atoms with Gasteiger partial charge in [-0.15, -0.1) is 0 Å². The first-order valence-corrected chi connectivity index (χ1v) is 7.66. The number of carbonyl (C=O) groups excluding carboxylic acids is 1. The molecular weight excluding hydrogens is 312 g/mol. The number of carboxylic acid groups (broad SMARTS) is 1. The Kier molecular flexibility index (Phi) is 6.60. The van der Waals surface area contributed by atoms with E-state index in [9.17, 15) is 19.8 Å². The van der Waals surface area contributed by atoms with Gasteiger partial charge in [0.1, 0.15) is 17.4 Å². The Morgan fingerprint density at radius 3 is 2.42 bits per heavy atom. The third-order valence-corrected chi connectivity index (χ3v) is 3.06. The van der Waals surface area contributed by atoms with Crippen molar-refractivity contribution in [1.82, 2.24) is 10.2 Å². The summed E-state index contributed by atoms with van der Waals surface area (Å²) in [5.74, 6) is -0.998. The van der Waals surface area contributed by atoms with Gasteiger partial charge in [0.15, 0.2) is 0 Å². The molecule has 0 saturated carbocycles. The van der Waals surface area contributed by atoms with Crippen LogP contribution in [0.3, 0.4) is 0 Å². The summed E-state index contributed by atoms with van der Waals surface area (Å²) in [5.41, 5.74) is 0.692. The predicted molar refractivity (Wildman–Crippen MR) is 90.0 cm³/mol. The van der Waals surface area contributed by atoms with E-state index in [0.717, 1.165) is 0 Å². The number of rotatable bonds is 6. The molecule has 0 bridgehead atoms. The molecule has 1 aromatic rings. The number of carbonyl (C=O) groups is 2. The van der Waals surface area contributed by atoms with E-state index in [0.29, 0.717) is 17.7 Å². The minimum absolute atomic E-state index is 0.0925. The molecule has 1 rings (SSSR count). The highest BCUT2D eigenvalue weighted by Gasteiger charge is 2.24. The summed E-state index contributed by atoms with van der Waals surface area (Å²) in [4.78, 5) is 25.1. The molecule has 3 N–H and O–H groups in total. The lowest BCUT2D eigenvalue weighted by Gasteiger charge is -2.22. The van der Waals surface area contributed by atoms with E-state index in [1.165, 1.54) is 6.07 Å². The Morgan fingerprint density at radius 2 is 1.92 bits per heavy atom. The average Bonchev–Trinajstić information content (AvgIpc) is 2.38. The van der Waals surface area contributed by atoms with Gasteiger partial charge < -0.3 is 25.2 Å². The van der Waals surface area contributed by atoms with Crippen molar-refractivity contribution in [3.05, 3.63) is 29.3 Å². The van der Waals surface area contributed by atoms with Gasteiger partial charge in [0, 0.05) is 18.5 Å². The summed E-state index contributed by atoms with van der Waals surface area (Å²) >= 11 is 0. The first-order chi connectivity index (χ1) is 11.0. The summed E-state index contributed by atoms with van der Waals surface area (Å²) < 4.78 is 5.09. The molecule has 0 aromatic heterocycles. The fourth-order valence-corrected chi connectivity index (χ4v) is 2.12. The molecule has 134 valence electrons. The van der Waals surface area contributed by atoms with E-state index in [1.807, 2.05) is 19.0 Å². The lowest BCUT2D eigenvalue weighted by Crippen LogP contribution is -2.44. The van der Waals surface area contributed by atoms with Crippen LogP contribution in [0.1, 0.15) is 31.9 Å². The third-order valence-electron chi connectivity index (χ3n) is 3.06. The number of phenols is 1. The molecule has 0 saturated heterocycles. The largest absolute Gasteiger partial charge is 0.508 e. The first-order valence-electron chi connectivity index (χ1n) is 7.66. The van der Waals surface area contributed by atoms with Crippen LogP contribution in [0.2, 0.25) is 0 Å². The van der Waals surface area contributed by atoms with Crippen LogP contribution in [0.5, 0.6) is 5.75 Å². The van der Waals surface area contributed by atoms with E-state index in [4.69, 9.17) is 4.74 Å². The molecule has 7 nitrogen and oxygen atoms in total. The number of alkyl carbamates (subject to hydrolysis) is 1. The SMILES string of the molecule is CN(C)Cc1cc(CC(NC(=O)OC(C)(C)C)C(=O)O)ccc1O. The summed E-state index contributed by atoms with van der Waals surface area (Å²) in [6, 6.07) is 3.79. The zero-order valence-electron chi connectivity index (χ0n) is 14.8. The molecule has 0 radical (unpaired) electrons. The fraction of sp³-hybridized carbons (Fsp3) is 0.529. The lowest BCUT2D eigenvalue weighted by molar-refractivity contribution is -0.139. The highest BCUT2D eigenvalue weighted by atomic mass is 16.6. The molecule has 0 spiro atoms. The maximum atomic E-state index is 11.8. The van der Waals surface area contributed by atoms with Gasteiger partial charge in [-0.05, 0) is 46.5 Å². The smallest absolute Gasteiger partial charge is 0.408 e. The van der Waals surface area contributed by atoms with Crippen LogP contribution >= 0.6 is 0 Å². The zero-order chi connectivity index (χ0) is 18.5. The van der Waals surface area contributed by atoms with Crippen LogP contribution in [0.15, 0.2) is 18.2 Å². The second-order valence-electron chi connectivity index (χ2n) is 6.94. The number of carboxylic acids is 1. The molecule has 1 unspecified atom stereocenters. The van der Waals surface area contributed by atoms with Gasteiger partial charge >= 0.3 is 12.1 Å². The van der Waals surface area contributed by atoms with Gasteiger partial charge in [0.05, 0.1) is 0 Å². The van der Waals surface area contributed by atoms with Crippen molar-refractivity contribution in [2.45, 2.75) is 45.4 Å². The Labute approximate surface area is 142 Å². The molecule has 0 heterocycles. The molecule has 0 fully saturated rings. The number of hydrogen-bond donors (Lipinski definition) is 3. The quantitative estimate of drug-likeness (QED) is 0.733. The second-order valence-corrected chi connectivity index (χ2v) is 6.94. The highest BCUT2D eigenvalue weighted by Crippen LogP contribution is 2.20. The van der Waals surface area contributed by atoms with Crippen molar-refractivity contribution >= 4 is 12.1 Å². The molecule has 0 aliphatic rings. The van der Waals surface area contributed by atoms with Crippen molar-refractivity contribution in [2.75, 3.05) is 14.1 Å². The number of nitrogens with one attached hydrogen (secondary N) is 1. The zero-order valence-corrected chi connectivity index (χ0v) is 14.8. The van der Waals surface area contributed by atoms with Gasteiger partial charge in [0.25, 0.3) is 0 Å². The number of benzene rings is 1. The Morgan fingerprint density at radius 1 is 1.29 bits per heavy atom. The summed E-state index contributed by atoms with van der Waals surface area (Å²) in [5, 5.41) is 21.6. The molecule has 1 amide bonds. The van der Waals surface area contributed by atoms with Crippen molar-refractivity contribution in [2.24, 2.45) is 0 Å². The van der Waals surface area contributed by atoms with Crippen molar-refractivity contribution in [1.29, 1.82) is 0 Å². The number of ether oxygens (including phenoxy) is 1. The first kappa shape index (κ1) is 19.8. The van der Waals surface area contributed by atoms with Crippen molar-refractivity contribution in [3.8, 4) is 5.75 Å². The number of aliphatic carboxylic acids is 1. The molecule has 0 aliphatic heterocycles. The van der Waals surface area contributed by atoms with E-state index in [2.05, 4.69) is 5.32 Å². The van der Waals surface area contributed by atoms with Crippen LogP contribution in [0.4, 0.5) is 4.79 Å². The molecular formula is C17H26N2O5. The lowest BCUT2D eigenvalue weighted by atomic mass is 10.0. The number of nitrogens with zero attached hydrogens (tertiary/aromatic N) is 1. The fourth-order valence-electron chi connectivity index (χ4n) is 2.12. The van der Waals surface area contributed by atoms with Gasteiger partial charge in [-0.3, -0.25) is 0 Å². The topological polar surface area (TPSA) is 99.1 Å². The monoisotopic (exact) mass is 338 g/mol. The highest BCUT2D eigenvalue weighted by molar-refractivity contribution is 5.80. The molecule has 24 heavy (non-hydrogen) atoms. The molecule has 7 heteroatoms. The van der Waals surface area contributed by atoms with E-state index < -0.39 is 23.7 Å². The number of aromatic hydroxyl groups is 1. The maximum absolute atomic E-state index is 11.8. The average molecular weight is 338 g/mol. The number of phenolic OH excluding ortho intramolecular Hbond substituents is 1. The summed E-state index contributed by atoms with van der Waals surface area (Å²) in [6.07, 6.45) is -0.683. The normalized spacial score (nSPS) is 12.8. The third kappa shape index (κ3) is 6.87. The number of amides is 1. The van der Waals surface area contributed by atoms with Gasteiger partial charge in [-0.1, -0.05) is 12.1 Å². The summed E-state index contributed by atoms with van der Waals surface area (Å²) in [7, 11) is 3.74. The van der Waals surface area contributed by atoms with Crippen LogP contribution in [-0.2, 0) is 22.5 Å². The number of hydrogen-bond acceptors (Lipinski definition) is 5. The van der Waals surface area contributed by atoms with Crippen LogP contribution < -0.4 is 5.32 Å². The minimum atomic E-state index is -1.15. The predicted octanol–water partition coefficient (Wildman–Crippen LogP) is 1.97.